The smallest absolute Gasteiger partial charge is 0.422 e. The Morgan fingerprint density at radius 3 is 2.39 bits per heavy atom. The van der Waals surface area contributed by atoms with Crippen LogP contribution in [0.4, 0.5) is 22.1 Å². The van der Waals surface area contributed by atoms with Crippen molar-refractivity contribution in [3.05, 3.63) is 77.4 Å². The van der Waals surface area contributed by atoms with E-state index < -0.39 is 17.3 Å². The minimum absolute atomic E-state index is 0.235. The number of allylic oxidation sites excluding steroid dienone is 1. The van der Waals surface area contributed by atoms with E-state index in [0.717, 1.165) is 24.5 Å². The SMILES string of the molecule is C=CCn1c(=O)c2cnc(Nc3ccc(N4CCN(NC(=O)OC(C)(C)C)CC4)cc3)nc2n1-c1cccc(C(C)(C)O)n1. The topological polar surface area (TPSA) is 143 Å². The zero-order valence-corrected chi connectivity index (χ0v) is 25.7. The molecule has 5 rings (SSSR count). The van der Waals surface area contributed by atoms with Crippen molar-refractivity contribution in [2.75, 3.05) is 36.4 Å². The molecule has 1 fully saturated rings. The number of piperazine rings is 1. The molecule has 0 aliphatic carbocycles. The lowest BCUT2D eigenvalue weighted by Crippen LogP contribution is -2.54. The normalized spacial score (nSPS) is 14.5. The van der Waals surface area contributed by atoms with E-state index in [1.807, 2.05) is 50.0 Å². The van der Waals surface area contributed by atoms with Crippen molar-refractivity contribution >= 4 is 34.4 Å². The minimum Gasteiger partial charge on any atom is -0.443 e. The van der Waals surface area contributed by atoms with Crippen molar-refractivity contribution < 1.29 is 14.6 Å². The van der Waals surface area contributed by atoms with Gasteiger partial charge in [0.15, 0.2) is 11.5 Å². The highest BCUT2D eigenvalue weighted by Crippen LogP contribution is 2.24. The second-order valence-electron chi connectivity index (χ2n) is 12.1. The molecule has 1 aromatic carbocycles. The van der Waals surface area contributed by atoms with Crippen LogP contribution >= 0.6 is 0 Å². The number of carbonyl (C=O) groups is 1. The standard InChI is InChI=1S/C31H39N9O4/c1-7-15-39-27(41)23-20-32-28(35-26(23)40(39)25-10-8-9-24(34-25)31(5,6)43)33-21-11-13-22(14-12-21)37-16-18-38(19-17-37)36-29(42)44-30(2,3)4/h7-14,20,43H,1,15-19H2,2-6H3,(H,36,42)(H,32,33,35). The molecule has 1 aliphatic rings. The summed E-state index contributed by atoms with van der Waals surface area (Å²) in [5.41, 5.74) is 3.50. The maximum atomic E-state index is 13.3. The molecule has 1 saturated heterocycles. The molecule has 0 bridgehead atoms. The summed E-state index contributed by atoms with van der Waals surface area (Å²) in [6.45, 7) is 15.7. The molecule has 0 spiro atoms. The number of rotatable bonds is 8. The Kier molecular flexibility index (Phi) is 8.44. The number of aliphatic hydroxyl groups is 1. The first-order valence-corrected chi connectivity index (χ1v) is 14.5. The zero-order valence-electron chi connectivity index (χ0n) is 25.7. The zero-order chi connectivity index (χ0) is 31.6. The van der Waals surface area contributed by atoms with Gasteiger partial charge in [-0.15, -0.1) is 6.58 Å². The second-order valence-corrected chi connectivity index (χ2v) is 12.1. The third kappa shape index (κ3) is 6.90. The summed E-state index contributed by atoms with van der Waals surface area (Å²) in [5.74, 6) is 0.754. The summed E-state index contributed by atoms with van der Waals surface area (Å²) in [6.07, 6.45) is 2.68. The molecule has 1 aliphatic heterocycles. The average molecular weight is 602 g/mol. The van der Waals surface area contributed by atoms with Crippen LogP contribution in [0.5, 0.6) is 0 Å². The lowest BCUT2D eigenvalue weighted by molar-refractivity contribution is 0.0320. The van der Waals surface area contributed by atoms with Crippen LogP contribution in [0.1, 0.15) is 40.3 Å². The van der Waals surface area contributed by atoms with Crippen molar-refractivity contribution in [2.45, 2.75) is 52.4 Å². The number of aromatic nitrogens is 5. The number of fused-ring (bicyclic) bond motifs is 1. The average Bonchev–Trinajstić information content (AvgIpc) is 3.23. The monoisotopic (exact) mass is 601 g/mol. The van der Waals surface area contributed by atoms with Gasteiger partial charge in [0.2, 0.25) is 5.95 Å². The summed E-state index contributed by atoms with van der Waals surface area (Å²) in [5, 5.41) is 16.0. The number of hydrogen-bond donors (Lipinski definition) is 3. The van der Waals surface area contributed by atoms with Gasteiger partial charge in [-0.2, -0.15) is 4.98 Å². The van der Waals surface area contributed by atoms with E-state index >= 15 is 0 Å². The van der Waals surface area contributed by atoms with Gasteiger partial charge in [0.05, 0.1) is 12.2 Å². The Morgan fingerprint density at radius 1 is 1.05 bits per heavy atom. The van der Waals surface area contributed by atoms with Crippen molar-refractivity contribution in [3.8, 4) is 5.82 Å². The van der Waals surface area contributed by atoms with Gasteiger partial charge >= 0.3 is 6.09 Å². The quantitative estimate of drug-likeness (QED) is 0.256. The molecule has 0 unspecified atom stereocenters. The van der Waals surface area contributed by atoms with E-state index in [-0.39, 0.29) is 12.1 Å². The first kappa shape index (κ1) is 30.7. The van der Waals surface area contributed by atoms with Crippen molar-refractivity contribution in [1.29, 1.82) is 0 Å². The van der Waals surface area contributed by atoms with E-state index in [0.29, 0.717) is 41.6 Å². The van der Waals surface area contributed by atoms with E-state index in [1.165, 1.54) is 10.9 Å². The van der Waals surface area contributed by atoms with Gasteiger partial charge in [-0.1, -0.05) is 12.1 Å². The number of nitrogens with one attached hydrogen (secondary N) is 2. The van der Waals surface area contributed by atoms with Crippen LogP contribution in [-0.2, 0) is 16.9 Å². The highest BCUT2D eigenvalue weighted by atomic mass is 16.6. The number of pyridine rings is 1. The largest absolute Gasteiger partial charge is 0.443 e. The van der Waals surface area contributed by atoms with Gasteiger partial charge in [-0.05, 0) is 71.0 Å². The molecule has 3 N–H and O–H groups in total. The summed E-state index contributed by atoms with van der Waals surface area (Å²) in [4.78, 5) is 41.3. The van der Waals surface area contributed by atoms with E-state index in [4.69, 9.17) is 9.72 Å². The molecule has 13 heteroatoms. The fraction of sp³-hybridized carbons (Fsp3) is 0.387. The molecular formula is C31H39N9O4. The molecule has 4 aromatic rings. The highest BCUT2D eigenvalue weighted by molar-refractivity contribution is 5.77. The second kappa shape index (κ2) is 12.1. The lowest BCUT2D eigenvalue weighted by Gasteiger charge is -2.36. The van der Waals surface area contributed by atoms with Crippen LogP contribution in [0.25, 0.3) is 16.9 Å². The highest BCUT2D eigenvalue weighted by Gasteiger charge is 2.23. The number of hydrogen-bond acceptors (Lipinski definition) is 10. The van der Waals surface area contributed by atoms with Crippen molar-refractivity contribution in [3.63, 3.8) is 0 Å². The van der Waals surface area contributed by atoms with E-state index in [2.05, 4.69) is 32.2 Å². The number of amides is 1. The van der Waals surface area contributed by atoms with E-state index in [9.17, 15) is 14.7 Å². The minimum atomic E-state index is -1.17. The van der Waals surface area contributed by atoms with Gasteiger partial charge in [-0.25, -0.2) is 29.1 Å². The molecule has 4 heterocycles. The third-order valence-electron chi connectivity index (χ3n) is 6.97. The third-order valence-corrected chi connectivity index (χ3v) is 6.97. The first-order valence-electron chi connectivity index (χ1n) is 14.5. The number of benzene rings is 1. The van der Waals surface area contributed by atoms with Crippen LogP contribution in [0.2, 0.25) is 0 Å². The summed E-state index contributed by atoms with van der Waals surface area (Å²) >= 11 is 0. The number of carbonyl (C=O) groups excluding carboxylic acids is 1. The van der Waals surface area contributed by atoms with Gasteiger partial charge in [-0.3, -0.25) is 10.2 Å². The Balaban J connectivity index is 1.32. The number of nitrogens with zero attached hydrogens (tertiary/aromatic N) is 7. The Labute approximate surface area is 255 Å². The molecular weight excluding hydrogens is 562 g/mol. The maximum Gasteiger partial charge on any atom is 0.422 e. The summed E-state index contributed by atoms with van der Waals surface area (Å²) in [7, 11) is 0. The molecule has 0 radical (unpaired) electrons. The molecule has 13 nitrogen and oxygen atoms in total. The predicted molar refractivity (Wildman–Crippen MR) is 169 cm³/mol. The van der Waals surface area contributed by atoms with Crippen LogP contribution in [0.15, 0.2) is 66.1 Å². The molecule has 44 heavy (non-hydrogen) atoms. The molecule has 0 atom stereocenters. The number of anilines is 3. The molecule has 1 amide bonds. The van der Waals surface area contributed by atoms with Gasteiger partial charge < -0.3 is 20.1 Å². The van der Waals surface area contributed by atoms with Gasteiger partial charge in [0, 0.05) is 43.8 Å². The molecule has 3 aromatic heterocycles. The Bertz CT molecular complexity index is 1710. The summed E-state index contributed by atoms with van der Waals surface area (Å²) in [6, 6.07) is 13.2. The molecule has 232 valence electrons. The Morgan fingerprint density at radius 2 is 1.75 bits per heavy atom. The van der Waals surface area contributed by atoms with E-state index in [1.54, 1.807) is 42.8 Å². The van der Waals surface area contributed by atoms with Crippen LogP contribution in [0, 0.1) is 0 Å². The maximum absolute atomic E-state index is 13.3. The van der Waals surface area contributed by atoms with Crippen LogP contribution < -0.4 is 21.2 Å². The van der Waals surface area contributed by atoms with Crippen molar-refractivity contribution in [2.24, 2.45) is 0 Å². The van der Waals surface area contributed by atoms with Crippen molar-refractivity contribution in [1.82, 2.24) is 34.8 Å². The predicted octanol–water partition coefficient (Wildman–Crippen LogP) is 3.70. The molecule has 0 saturated carbocycles. The number of hydrazine groups is 1. The summed E-state index contributed by atoms with van der Waals surface area (Å²) < 4.78 is 8.46. The number of ether oxygens (including phenoxy) is 1. The van der Waals surface area contributed by atoms with Crippen LogP contribution in [-0.4, -0.2) is 72.3 Å². The van der Waals surface area contributed by atoms with Gasteiger partial charge in [0.1, 0.15) is 16.6 Å². The lowest BCUT2D eigenvalue weighted by atomic mass is 10.1. The fourth-order valence-corrected chi connectivity index (χ4v) is 4.88. The Hall–Kier alpha value is -4.75. The first-order chi connectivity index (χ1) is 20.8. The van der Waals surface area contributed by atoms with Gasteiger partial charge in [0.25, 0.3) is 5.56 Å². The van der Waals surface area contributed by atoms with Crippen LogP contribution in [0.3, 0.4) is 0 Å². The fourth-order valence-electron chi connectivity index (χ4n) is 4.88.